The first-order chi connectivity index (χ1) is 11.0. The molecule has 0 unspecified atom stereocenters. The first-order valence-electron chi connectivity index (χ1n) is 7.09. The number of amides is 2. The van der Waals surface area contributed by atoms with Crippen molar-refractivity contribution >= 4 is 17.7 Å². The summed E-state index contributed by atoms with van der Waals surface area (Å²) in [5.74, 6) is -0.899. The topological polar surface area (TPSA) is 89.8 Å². The number of rotatable bonds is 5. The van der Waals surface area contributed by atoms with Crippen LogP contribution >= 0.6 is 0 Å². The molecule has 1 aliphatic rings. The molecule has 0 aromatic heterocycles. The molecule has 0 aliphatic heterocycles. The molecule has 1 aromatic rings. The lowest BCUT2D eigenvalue weighted by Gasteiger charge is -2.22. The average Bonchev–Trinajstić information content (AvgIpc) is 3.07. The van der Waals surface area contributed by atoms with Crippen molar-refractivity contribution in [1.82, 2.24) is 4.90 Å². The molecule has 0 radical (unpaired) electrons. The number of nitro groups is 1. The quantitative estimate of drug-likeness (QED) is 0.615. The number of hydrogen-bond donors (Lipinski definition) is 0. The lowest BCUT2D eigenvalue weighted by Crippen LogP contribution is -2.39. The van der Waals surface area contributed by atoms with Crippen molar-refractivity contribution < 1.29 is 19.2 Å². The molecule has 0 atom stereocenters. The number of carbonyl (C=O) groups is 2. The molecule has 0 saturated heterocycles. The Hall–Kier alpha value is -2.96. The zero-order valence-corrected chi connectivity index (χ0v) is 12.5. The molecule has 120 valence electrons. The van der Waals surface area contributed by atoms with E-state index in [1.807, 2.05) is 0 Å². The number of non-ortho nitro benzene ring substituents is 1. The van der Waals surface area contributed by atoms with Crippen LogP contribution in [0, 0.1) is 16.0 Å². The van der Waals surface area contributed by atoms with Gasteiger partial charge >= 0.3 is 6.09 Å². The molecule has 23 heavy (non-hydrogen) atoms. The first kappa shape index (κ1) is 16.4. The van der Waals surface area contributed by atoms with Crippen molar-refractivity contribution in [2.45, 2.75) is 13.5 Å². The summed E-state index contributed by atoms with van der Waals surface area (Å²) in [5.41, 5.74) is 0.549. The SMILES string of the molecule is CCOC(=O)N(Cc1ccc([N+](=O)[O-])cc1)C(=O)C1C=CC=C1. The van der Waals surface area contributed by atoms with Crippen LogP contribution in [0.25, 0.3) is 0 Å². The highest BCUT2D eigenvalue weighted by atomic mass is 16.6. The van der Waals surface area contributed by atoms with E-state index < -0.39 is 22.8 Å². The third kappa shape index (κ3) is 4.03. The number of imide groups is 1. The van der Waals surface area contributed by atoms with Gasteiger partial charge in [0.15, 0.2) is 0 Å². The van der Waals surface area contributed by atoms with Gasteiger partial charge in [-0.05, 0) is 12.5 Å². The van der Waals surface area contributed by atoms with E-state index in [4.69, 9.17) is 4.74 Å². The maximum absolute atomic E-state index is 12.5. The lowest BCUT2D eigenvalue weighted by molar-refractivity contribution is -0.384. The molecule has 0 heterocycles. The van der Waals surface area contributed by atoms with E-state index in [0.29, 0.717) is 5.56 Å². The second kappa shape index (κ2) is 7.35. The van der Waals surface area contributed by atoms with E-state index in [1.54, 1.807) is 31.2 Å². The normalized spacial score (nSPS) is 13.1. The summed E-state index contributed by atoms with van der Waals surface area (Å²) < 4.78 is 4.93. The van der Waals surface area contributed by atoms with E-state index in [2.05, 4.69) is 0 Å². The van der Waals surface area contributed by atoms with Gasteiger partial charge < -0.3 is 4.74 Å². The highest BCUT2D eigenvalue weighted by Gasteiger charge is 2.28. The van der Waals surface area contributed by atoms with E-state index in [9.17, 15) is 19.7 Å². The van der Waals surface area contributed by atoms with Crippen LogP contribution in [0.4, 0.5) is 10.5 Å². The van der Waals surface area contributed by atoms with Crippen molar-refractivity contribution in [2.24, 2.45) is 5.92 Å². The van der Waals surface area contributed by atoms with E-state index in [0.717, 1.165) is 4.90 Å². The molecular weight excluding hydrogens is 300 g/mol. The number of benzene rings is 1. The molecule has 2 rings (SSSR count). The van der Waals surface area contributed by atoms with Crippen molar-refractivity contribution in [3.63, 3.8) is 0 Å². The Bertz CT molecular complexity index is 652. The summed E-state index contributed by atoms with van der Waals surface area (Å²) in [5, 5.41) is 10.7. The number of ether oxygens (including phenoxy) is 1. The highest BCUT2D eigenvalue weighted by molar-refractivity contribution is 5.95. The molecule has 0 N–H and O–H groups in total. The number of hydrogen-bond acceptors (Lipinski definition) is 5. The Morgan fingerprint density at radius 2 is 1.83 bits per heavy atom. The summed E-state index contributed by atoms with van der Waals surface area (Å²) in [4.78, 5) is 35.7. The van der Waals surface area contributed by atoms with Gasteiger partial charge in [-0.15, -0.1) is 0 Å². The molecule has 1 aromatic carbocycles. The fraction of sp³-hybridized carbons (Fsp3) is 0.250. The third-order valence-corrected chi connectivity index (χ3v) is 3.28. The van der Waals surface area contributed by atoms with Gasteiger partial charge in [0.2, 0.25) is 5.91 Å². The molecule has 2 amide bonds. The largest absolute Gasteiger partial charge is 0.449 e. The molecule has 0 spiro atoms. The Labute approximate surface area is 133 Å². The van der Waals surface area contributed by atoms with Crippen LogP contribution in [-0.2, 0) is 16.1 Å². The van der Waals surface area contributed by atoms with Gasteiger partial charge in [-0.25, -0.2) is 9.69 Å². The lowest BCUT2D eigenvalue weighted by atomic mass is 10.1. The predicted octanol–water partition coefficient (Wildman–Crippen LogP) is 2.82. The third-order valence-electron chi connectivity index (χ3n) is 3.28. The van der Waals surface area contributed by atoms with Crippen LogP contribution in [0.2, 0.25) is 0 Å². The van der Waals surface area contributed by atoms with Gasteiger partial charge in [-0.3, -0.25) is 14.9 Å². The van der Waals surface area contributed by atoms with Gasteiger partial charge in [-0.2, -0.15) is 0 Å². The minimum absolute atomic E-state index is 0.00611. The van der Waals surface area contributed by atoms with Crippen LogP contribution in [0.5, 0.6) is 0 Å². The summed E-state index contributed by atoms with van der Waals surface area (Å²) in [6.07, 6.45) is 6.11. The zero-order valence-electron chi connectivity index (χ0n) is 12.5. The van der Waals surface area contributed by atoms with Crippen molar-refractivity contribution in [2.75, 3.05) is 6.61 Å². The fourth-order valence-electron chi connectivity index (χ4n) is 2.12. The minimum Gasteiger partial charge on any atom is -0.449 e. The standard InChI is InChI=1S/C16H16N2O5/c1-2-23-16(20)17(15(19)13-5-3-4-6-13)11-12-7-9-14(10-8-12)18(21)22/h3-10,13H,2,11H2,1H3. The molecule has 7 heteroatoms. The minimum atomic E-state index is -0.732. The number of nitro benzene ring substituents is 1. The first-order valence-corrected chi connectivity index (χ1v) is 7.09. The van der Waals surface area contributed by atoms with Crippen LogP contribution in [0.1, 0.15) is 12.5 Å². The van der Waals surface area contributed by atoms with Gasteiger partial charge in [-0.1, -0.05) is 36.4 Å². The Morgan fingerprint density at radius 3 is 2.35 bits per heavy atom. The Kier molecular flexibility index (Phi) is 5.24. The Balaban J connectivity index is 2.18. The summed E-state index contributed by atoms with van der Waals surface area (Å²) in [6.45, 7) is 1.80. The average molecular weight is 316 g/mol. The molecule has 7 nitrogen and oxygen atoms in total. The monoisotopic (exact) mass is 316 g/mol. The van der Waals surface area contributed by atoms with Crippen molar-refractivity contribution in [3.8, 4) is 0 Å². The molecule has 0 bridgehead atoms. The van der Waals surface area contributed by atoms with Crippen LogP contribution in [-0.4, -0.2) is 28.4 Å². The van der Waals surface area contributed by atoms with Crippen LogP contribution in [0.15, 0.2) is 48.6 Å². The molecule has 1 aliphatic carbocycles. The fourth-order valence-corrected chi connectivity index (χ4v) is 2.12. The zero-order chi connectivity index (χ0) is 16.8. The van der Waals surface area contributed by atoms with Crippen LogP contribution < -0.4 is 0 Å². The summed E-state index contributed by atoms with van der Waals surface area (Å²) >= 11 is 0. The van der Waals surface area contributed by atoms with E-state index >= 15 is 0 Å². The smallest absolute Gasteiger partial charge is 0.416 e. The molecule has 0 fully saturated rings. The molecular formula is C16H16N2O5. The van der Waals surface area contributed by atoms with E-state index in [-0.39, 0.29) is 18.8 Å². The number of carbonyl (C=O) groups excluding carboxylic acids is 2. The number of allylic oxidation sites excluding steroid dienone is 2. The van der Waals surface area contributed by atoms with Crippen LogP contribution in [0.3, 0.4) is 0 Å². The van der Waals surface area contributed by atoms with Gasteiger partial charge in [0, 0.05) is 12.1 Å². The van der Waals surface area contributed by atoms with Crippen molar-refractivity contribution in [1.29, 1.82) is 0 Å². The molecule has 0 saturated carbocycles. The number of nitrogens with zero attached hydrogens (tertiary/aromatic N) is 2. The van der Waals surface area contributed by atoms with Gasteiger partial charge in [0.1, 0.15) is 0 Å². The van der Waals surface area contributed by atoms with Gasteiger partial charge in [0.25, 0.3) is 5.69 Å². The Morgan fingerprint density at radius 1 is 1.22 bits per heavy atom. The highest BCUT2D eigenvalue weighted by Crippen LogP contribution is 2.18. The summed E-state index contributed by atoms with van der Waals surface area (Å²) in [6, 6.07) is 5.69. The second-order valence-corrected chi connectivity index (χ2v) is 4.84. The summed E-state index contributed by atoms with van der Waals surface area (Å²) in [7, 11) is 0. The van der Waals surface area contributed by atoms with Gasteiger partial charge in [0.05, 0.1) is 24.0 Å². The second-order valence-electron chi connectivity index (χ2n) is 4.84. The van der Waals surface area contributed by atoms with Crippen molar-refractivity contribution in [3.05, 3.63) is 64.2 Å². The maximum atomic E-state index is 12.5. The predicted molar refractivity (Wildman–Crippen MR) is 82.4 cm³/mol. The maximum Gasteiger partial charge on any atom is 0.416 e. The van der Waals surface area contributed by atoms with E-state index in [1.165, 1.54) is 24.3 Å².